The lowest BCUT2D eigenvalue weighted by atomic mass is 9.37. The van der Waals surface area contributed by atoms with E-state index < -0.39 is 45.6 Å². The summed E-state index contributed by atoms with van der Waals surface area (Å²) in [6.07, 6.45) is 3.46. The highest BCUT2D eigenvalue weighted by Crippen LogP contribution is 2.79. The van der Waals surface area contributed by atoms with E-state index in [0.717, 1.165) is 12.0 Å². The summed E-state index contributed by atoms with van der Waals surface area (Å²) in [5.74, 6) is -0.780. The van der Waals surface area contributed by atoms with Crippen molar-refractivity contribution in [1.29, 1.82) is 0 Å². The molecule has 7 rings (SSSR count). The molecule has 4 aliphatic heterocycles. The van der Waals surface area contributed by atoms with Gasteiger partial charge in [0.2, 0.25) is 0 Å². The predicted molar refractivity (Wildman–Crippen MR) is 114 cm³/mol. The second kappa shape index (κ2) is 5.95. The van der Waals surface area contributed by atoms with Crippen LogP contribution in [0, 0.1) is 28.1 Å². The van der Waals surface area contributed by atoms with Crippen LogP contribution in [0.2, 0.25) is 0 Å². The van der Waals surface area contributed by atoms with Gasteiger partial charge in [0.15, 0.2) is 6.10 Å². The summed E-state index contributed by atoms with van der Waals surface area (Å²) in [6, 6.07) is 1.81. The maximum atomic E-state index is 14.2. The Kier molecular flexibility index (Phi) is 3.70. The molecule has 6 aliphatic rings. The number of carbonyl (C=O) groups is 3. The van der Waals surface area contributed by atoms with Gasteiger partial charge >= 0.3 is 11.9 Å². The van der Waals surface area contributed by atoms with E-state index in [-0.39, 0.29) is 42.7 Å². The van der Waals surface area contributed by atoms with E-state index in [4.69, 9.17) is 23.4 Å². The van der Waals surface area contributed by atoms with Crippen molar-refractivity contribution in [3.63, 3.8) is 0 Å². The summed E-state index contributed by atoms with van der Waals surface area (Å²) < 4.78 is 29.8. The minimum absolute atomic E-state index is 0.0677. The first-order valence-corrected chi connectivity index (χ1v) is 12.3. The molecule has 2 aliphatic carbocycles. The van der Waals surface area contributed by atoms with E-state index in [1.54, 1.807) is 12.5 Å². The van der Waals surface area contributed by atoms with Crippen LogP contribution in [0.5, 0.6) is 0 Å². The van der Waals surface area contributed by atoms with Crippen LogP contribution in [0.1, 0.15) is 65.0 Å². The highest BCUT2D eigenvalue weighted by molar-refractivity contribution is 5.93. The quantitative estimate of drug-likeness (QED) is 0.455. The van der Waals surface area contributed by atoms with Gasteiger partial charge in [0.25, 0.3) is 0 Å². The Bertz CT molecular complexity index is 1120. The van der Waals surface area contributed by atoms with Crippen molar-refractivity contribution in [2.45, 2.75) is 82.9 Å². The minimum atomic E-state index is -0.976. The number of epoxide rings is 1. The van der Waals surface area contributed by atoms with Crippen LogP contribution in [0.25, 0.3) is 0 Å². The normalized spacial score (nSPS) is 52.4. The molecule has 8 heteroatoms. The number of Topliss-reactive ketones (excluding diaryl/α,β-unsaturated/α-hetero) is 1. The molecule has 4 saturated heterocycles. The molecule has 34 heavy (non-hydrogen) atoms. The van der Waals surface area contributed by atoms with Crippen molar-refractivity contribution >= 4 is 17.7 Å². The third-order valence-corrected chi connectivity index (χ3v) is 10.7. The summed E-state index contributed by atoms with van der Waals surface area (Å²) in [7, 11) is 0. The Morgan fingerprint density at radius 1 is 0.971 bits per heavy atom. The lowest BCUT2D eigenvalue weighted by Gasteiger charge is -2.65. The Hall–Kier alpha value is -2.19. The van der Waals surface area contributed by atoms with Crippen LogP contribution in [-0.2, 0) is 33.3 Å². The Morgan fingerprint density at radius 2 is 1.76 bits per heavy atom. The maximum Gasteiger partial charge on any atom is 0.339 e. The minimum Gasteiger partial charge on any atom is -0.472 e. The fraction of sp³-hybridized carbons (Fsp3) is 0.731. The molecular weight excluding hydrogens is 440 g/mol. The van der Waals surface area contributed by atoms with Crippen LogP contribution in [-0.4, -0.2) is 47.7 Å². The molecule has 1 aromatic heterocycles. The standard InChI is InChI=1S/C26H30O8/c1-22(2)15-9-16(27)24(4)14(25(15)12-31-18(28)10-17(25)33-22)5-7-23(3)19(13-6-8-30-11-13)32-21(29)20-26(23,24)34-20/h6,8,11,14-15,17,19-20H,5,7,9-10,12H2,1-4H3/t14-,15-,17-,19+,20-,23-,24-,25-,26-/m0/s1. The first kappa shape index (κ1) is 21.1. The molecule has 0 amide bonds. The molecule has 0 radical (unpaired) electrons. The van der Waals surface area contributed by atoms with Crippen molar-refractivity contribution in [1.82, 2.24) is 0 Å². The van der Waals surface area contributed by atoms with Crippen molar-refractivity contribution in [2.24, 2.45) is 28.1 Å². The third-order valence-electron chi connectivity index (χ3n) is 10.7. The molecule has 5 heterocycles. The van der Waals surface area contributed by atoms with Gasteiger partial charge in [0, 0.05) is 28.7 Å². The molecule has 8 nitrogen and oxygen atoms in total. The number of rotatable bonds is 1. The van der Waals surface area contributed by atoms with E-state index in [2.05, 4.69) is 6.92 Å². The second-order valence-electron chi connectivity index (χ2n) is 12.2. The highest BCUT2D eigenvalue weighted by atomic mass is 16.7. The van der Waals surface area contributed by atoms with Gasteiger partial charge in [0.1, 0.15) is 24.1 Å². The van der Waals surface area contributed by atoms with Crippen LogP contribution in [0.15, 0.2) is 23.0 Å². The third kappa shape index (κ3) is 2.02. The van der Waals surface area contributed by atoms with Crippen LogP contribution >= 0.6 is 0 Å². The molecule has 2 spiro atoms. The largest absolute Gasteiger partial charge is 0.472 e. The zero-order chi connectivity index (χ0) is 23.9. The number of hydrogen-bond donors (Lipinski definition) is 0. The smallest absolute Gasteiger partial charge is 0.339 e. The van der Waals surface area contributed by atoms with Gasteiger partial charge in [-0.1, -0.05) is 6.92 Å². The zero-order valence-corrected chi connectivity index (χ0v) is 19.9. The van der Waals surface area contributed by atoms with Crippen molar-refractivity contribution < 1.29 is 37.7 Å². The van der Waals surface area contributed by atoms with E-state index in [9.17, 15) is 14.4 Å². The van der Waals surface area contributed by atoms with Gasteiger partial charge in [-0.05, 0) is 45.6 Å². The predicted octanol–water partition coefficient (Wildman–Crippen LogP) is 3.14. The van der Waals surface area contributed by atoms with Gasteiger partial charge in [0.05, 0.1) is 36.1 Å². The SMILES string of the molecule is CC1(C)O[C@H]2CC(=O)OC[C@@]23[C@H]2CC[C@@]4(C)[C@@H](c5ccoc5)OC(=O)[C@@H]5O[C@@]54[C@]2(C)C(=O)C[C@@H]13. The second-order valence-corrected chi connectivity index (χ2v) is 12.2. The molecular formula is C26H30O8. The number of ether oxygens (including phenoxy) is 4. The van der Waals surface area contributed by atoms with Crippen LogP contribution in [0.3, 0.4) is 0 Å². The van der Waals surface area contributed by atoms with Gasteiger partial charge in [-0.15, -0.1) is 0 Å². The van der Waals surface area contributed by atoms with Gasteiger partial charge < -0.3 is 23.4 Å². The first-order chi connectivity index (χ1) is 16.0. The van der Waals surface area contributed by atoms with E-state index in [1.807, 2.05) is 26.8 Å². The van der Waals surface area contributed by atoms with Crippen LogP contribution in [0.4, 0.5) is 0 Å². The average molecular weight is 471 g/mol. The number of fused-ring (bicyclic) bond motifs is 1. The first-order valence-electron chi connectivity index (χ1n) is 12.3. The fourth-order valence-corrected chi connectivity index (χ4v) is 9.34. The monoisotopic (exact) mass is 470 g/mol. The maximum absolute atomic E-state index is 14.2. The number of carbonyl (C=O) groups excluding carboxylic acids is 3. The number of furan rings is 1. The molecule has 9 atom stereocenters. The summed E-state index contributed by atoms with van der Waals surface area (Å²) in [6.45, 7) is 8.36. The molecule has 0 unspecified atom stereocenters. The van der Waals surface area contributed by atoms with Crippen LogP contribution < -0.4 is 0 Å². The molecule has 0 bridgehead atoms. The fourth-order valence-electron chi connectivity index (χ4n) is 9.34. The zero-order valence-electron chi connectivity index (χ0n) is 19.9. The lowest BCUT2D eigenvalue weighted by Crippen LogP contribution is -2.72. The molecule has 2 saturated carbocycles. The number of esters is 2. The van der Waals surface area contributed by atoms with Gasteiger partial charge in [-0.3, -0.25) is 9.59 Å². The van der Waals surface area contributed by atoms with Crippen molar-refractivity contribution in [2.75, 3.05) is 6.61 Å². The van der Waals surface area contributed by atoms with Crippen molar-refractivity contribution in [3.8, 4) is 0 Å². The number of hydrogen-bond acceptors (Lipinski definition) is 8. The molecule has 1 aromatic rings. The van der Waals surface area contributed by atoms with Gasteiger partial charge in [-0.25, -0.2) is 4.79 Å². The summed E-state index contributed by atoms with van der Waals surface area (Å²) in [5, 5.41) is 0. The summed E-state index contributed by atoms with van der Waals surface area (Å²) in [4.78, 5) is 39.7. The van der Waals surface area contributed by atoms with Gasteiger partial charge in [-0.2, -0.15) is 0 Å². The number of cyclic esters (lactones) is 2. The van der Waals surface area contributed by atoms with Crippen molar-refractivity contribution in [3.05, 3.63) is 24.2 Å². The lowest BCUT2D eigenvalue weighted by molar-refractivity contribution is -0.225. The van der Waals surface area contributed by atoms with E-state index in [1.165, 1.54) is 0 Å². The molecule has 0 N–H and O–H groups in total. The Labute approximate surface area is 197 Å². The highest BCUT2D eigenvalue weighted by Gasteiger charge is 2.89. The summed E-state index contributed by atoms with van der Waals surface area (Å²) in [5.41, 5.74) is -2.78. The average Bonchev–Trinajstić information content (AvgIpc) is 3.26. The topological polar surface area (TPSA) is 105 Å². The number of ketones is 1. The molecule has 182 valence electrons. The van der Waals surface area contributed by atoms with E-state index >= 15 is 0 Å². The Balaban J connectivity index is 1.41. The Morgan fingerprint density at radius 3 is 2.50 bits per heavy atom. The molecule has 0 aromatic carbocycles. The molecule has 6 fully saturated rings. The summed E-state index contributed by atoms with van der Waals surface area (Å²) >= 11 is 0. The van der Waals surface area contributed by atoms with E-state index in [0.29, 0.717) is 12.8 Å².